The van der Waals surface area contributed by atoms with E-state index >= 15 is 0 Å². The summed E-state index contributed by atoms with van der Waals surface area (Å²) < 4.78 is 6.51. The van der Waals surface area contributed by atoms with E-state index in [4.69, 9.17) is 4.74 Å². The minimum Gasteiger partial charge on any atom is -0.370 e. The smallest absolute Gasteiger partial charge is 0.0874 e. The molecule has 1 aromatic carbocycles. The Balaban J connectivity index is 2.14. The number of fused-ring (bicyclic) bond motifs is 1. The van der Waals surface area contributed by atoms with Gasteiger partial charge in [0.25, 0.3) is 0 Å². The van der Waals surface area contributed by atoms with Crippen molar-refractivity contribution in [2.75, 3.05) is 0 Å². The topological polar surface area (TPSA) is 25.0 Å². The van der Waals surface area contributed by atoms with Crippen LogP contribution in [0.15, 0.2) is 34.8 Å². The highest BCUT2D eigenvalue weighted by Crippen LogP contribution is 2.36. The first-order valence-electron chi connectivity index (χ1n) is 4.88. The predicted molar refractivity (Wildman–Crippen MR) is 62.4 cm³/mol. The van der Waals surface area contributed by atoms with Gasteiger partial charge < -0.3 is 9.72 Å². The summed E-state index contributed by atoms with van der Waals surface area (Å²) in [4.78, 5) is 3.41. The third kappa shape index (κ3) is 1.43. The van der Waals surface area contributed by atoms with Crippen LogP contribution in [-0.4, -0.2) is 4.98 Å². The number of rotatable bonds is 1. The van der Waals surface area contributed by atoms with E-state index in [9.17, 15) is 0 Å². The lowest BCUT2D eigenvalue weighted by Gasteiger charge is -2.00. The Bertz CT molecular complexity index is 490. The normalized spacial score (nSPS) is 14.2. The highest BCUT2D eigenvalue weighted by Gasteiger charge is 2.20. The second-order valence-corrected chi connectivity index (χ2v) is 4.42. The zero-order valence-corrected chi connectivity index (χ0v) is 9.67. The molecule has 0 fully saturated rings. The van der Waals surface area contributed by atoms with Crippen LogP contribution in [0.25, 0.3) is 11.3 Å². The van der Waals surface area contributed by atoms with Crippen LogP contribution < -0.4 is 0 Å². The maximum atomic E-state index is 5.37. The third-order valence-corrected chi connectivity index (χ3v) is 3.55. The number of hydrogen-bond donors (Lipinski definition) is 1. The zero-order valence-electron chi connectivity index (χ0n) is 8.09. The zero-order chi connectivity index (χ0) is 10.3. The van der Waals surface area contributed by atoms with Crippen LogP contribution in [-0.2, 0) is 18.0 Å². The number of H-pyrrole nitrogens is 1. The standard InChI is InChI=1S/C12H10BrNO/c13-11-9-6-15-7-10(9)14-12(11)8-4-2-1-3-5-8/h1-5,14H,6-7H2. The number of aromatic nitrogens is 1. The molecule has 0 saturated carbocycles. The SMILES string of the molecule is Brc1c(-c2ccccc2)[nH]c2c1COC2. The van der Waals surface area contributed by atoms with Crippen LogP contribution >= 0.6 is 15.9 Å². The fraction of sp³-hybridized carbons (Fsp3) is 0.167. The molecule has 1 aliphatic rings. The van der Waals surface area contributed by atoms with Gasteiger partial charge in [-0.2, -0.15) is 0 Å². The van der Waals surface area contributed by atoms with Gasteiger partial charge in [-0.1, -0.05) is 30.3 Å². The molecule has 0 saturated heterocycles. The molecule has 2 heterocycles. The van der Waals surface area contributed by atoms with E-state index in [1.807, 2.05) is 18.2 Å². The molecule has 0 radical (unpaired) electrons. The molecule has 0 amide bonds. The molecule has 2 nitrogen and oxygen atoms in total. The molecule has 15 heavy (non-hydrogen) atoms. The summed E-state index contributed by atoms with van der Waals surface area (Å²) in [5, 5.41) is 0. The van der Waals surface area contributed by atoms with Gasteiger partial charge in [-0.25, -0.2) is 0 Å². The number of halogens is 1. The van der Waals surface area contributed by atoms with Crippen molar-refractivity contribution < 1.29 is 4.74 Å². The molecule has 3 rings (SSSR count). The molecule has 1 N–H and O–H groups in total. The largest absolute Gasteiger partial charge is 0.370 e. The van der Waals surface area contributed by atoms with E-state index < -0.39 is 0 Å². The van der Waals surface area contributed by atoms with Gasteiger partial charge in [0.1, 0.15) is 0 Å². The average Bonchev–Trinajstić information content (AvgIpc) is 2.83. The van der Waals surface area contributed by atoms with E-state index in [-0.39, 0.29) is 0 Å². The highest BCUT2D eigenvalue weighted by molar-refractivity contribution is 9.10. The van der Waals surface area contributed by atoms with Gasteiger partial charge in [0.2, 0.25) is 0 Å². The van der Waals surface area contributed by atoms with Gasteiger partial charge in [-0.15, -0.1) is 0 Å². The van der Waals surface area contributed by atoms with Crippen LogP contribution in [0.5, 0.6) is 0 Å². The van der Waals surface area contributed by atoms with Crippen molar-refractivity contribution in [1.82, 2.24) is 4.98 Å². The molecule has 0 atom stereocenters. The quantitative estimate of drug-likeness (QED) is 0.838. The molecule has 2 aromatic rings. The lowest BCUT2D eigenvalue weighted by Crippen LogP contribution is -1.83. The number of aromatic amines is 1. The summed E-state index contributed by atoms with van der Waals surface area (Å²) in [5.74, 6) is 0. The fourth-order valence-electron chi connectivity index (χ4n) is 1.90. The van der Waals surface area contributed by atoms with E-state index in [1.165, 1.54) is 16.8 Å². The summed E-state index contributed by atoms with van der Waals surface area (Å²) in [6.07, 6.45) is 0. The Morgan fingerprint density at radius 3 is 2.67 bits per heavy atom. The molecule has 0 aliphatic carbocycles. The monoisotopic (exact) mass is 263 g/mol. The highest BCUT2D eigenvalue weighted by atomic mass is 79.9. The van der Waals surface area contributed by atoms with Gasteiger partial charge in [-0.3, -0.25) is 0 Å². The van der Waals surface area contributed by atoms with Crippen molar-refractivity contribution >= 4 is 15.9 Å². The maximum Gasteiger partial charge on any atom is 0.0874 e. The number of benzene rings is 1. The molecule has 0 spiro atoms. The van der Waals surface area contributed by atoms with Gasteiger partial charge in [0.15, 0.2) is 0 Å². The fourth-order valence-corrected chi connectivity index (χ4v) is 2.58. The summed E-state index contributed by atoms with van der Waals surface area (Å²) in [7, 11) is 0. The first-order valence-corrected chi connectivity index (χ1v) is 5.68. The van der Waals surface area contributed by atoms with Crippen LogP contribution in [0, 0.1) is 0 Å². The second kappa shape index (κ2) is 3.51. The number of ether oxygens (including phenoxy) is 1. The molecule has 3 heteroatoms. The number of hydrogen-bond acceptors (Lipinski definition) is 1. The first-order chi connectivity index (χ1) is 7.36. The van der Waals surface area contributed by atoms with E-state index in [2.05, 4.69) is 33.0 Å². The Morgan fingerprint density at radius 2 is 1.93 bits per heavy atom. The van der Waals surface area contributed by atoms with E-state index in [0.717, 1.165) is 10.2 Å². The Morgan fingerprint density at radius 1 is 1.13 bits per heavy atom. The van der Waals surface area contributed by atoms with E-state index in [0.29, 0.717) is 13.2 Å². The molecule has 1 aliphatic heterocycles. The third-order valence-electron chi connectivity index (χ3n) is 2.68. The minimum atomic E-state index is 0.695. The lowest BCUT2D eigenvalue weighted by molar-refractivity contribution is 0.132. The molecule has 0 bridgehead atoms. The Hall–Kier alpha value is -1.06. The molecular formula is C12H10BrNO. The van der Waals surface area contributed by atoms with Crippen molar-refractivity contribution in [2.24, 2.45) is 0 Å². The summed E-state index contributed by atoms with van der Waals surface area (Å²) >= 11 is 3.63. The average molecular weight is 264 g/mol. The molecule has 1 aromatic heterocycles. The molecular weight excluding hydrogens is 254 g/mol. The van der Waals surface area contributed by atoms with Crippen molar-refractivity contribution in [1.29, 1.82) is 0 Å². The maximum absolute atomic E-state index is 5.37. The lowest BCUT2D eigenvalue weighted by atomic mass is 10.1. The van der Waals surface area contributed by atoms with Gasteiger partial charge in [0.05, 0.1) is 18.9 Å². The summed E-state index contributed by atoms with van der Waals surface area (Å²) in [6.45, 7) is 1.40. The Kier molecular flexibility index (Phi) is 2.15. The van der Waals surface area contributed by atoms with Gasteiger partial charge in [-0.05, 0) is 21.5 Å². The Labute approximate surface area is 96.4 Å². The van der Waals surface area contributed by atoms with Crippen LogP contribution in [0.1, 0.15) is 11.3 Å². The second-order valence-electron chi connectivity index (χ2n) is 3.63. The van der Waals surface area contributed by atoms with Crippen molar-refractivity contribution in [3.8, 4) is 11.3 Å². The van der Waals surface area contributed by atoms with Gasteiger partial charge >= 0.3 is 0 Å². The van der Waals surface area contributed by atoms with Crippen LogP contribution in [0.3, 0.4) is 0 Å². The van der Waals surface area contributed by atoms with Crippen molar-refractivity contribution in [3.05, 3.63) is 46.1 Å². The predicted octanol–water partition coefficient (Wildman–Crippen LogP) is 3.47. The van der Waals surface area contributed by atoms with Crippen molar-refractivity contribution in [2.45, 2.75) is 13.2 Å². The van der Waals surface area contributed by atoms with Crippen molar-refractivity contribution in [3.63, 3.8) is 0 Å². The van der Waals surface area contributed by atoms with Gasteiger partial charge in [0, 0.05) is 15.7 Å². The molecule has 0 unspecified atom stereocenters. The minimum absolute atomic E-state index is 0.695. The summed E-state index contributed by atoms with van der Waals surface area (Å²) in [5.41, 5.74) is 4.82. The number of nitrogens with one attached hydrogen (secondary N) is 1. The first kappa shape index (κ1) is 9.19. The van der Waals surface area contributed by atoms with Crippen LogP contribution in [0.2, 0.25) is 0 Å². The van der Waals surface area contributed by atoms with Crippen LogP contribution in [0.4, 0.5) is 0 Å². The molecule has 76 valence electrons. The van der Waals surface area contributed by atoms with E-state index in [1.54, 1.807) is 0 Å². The summed E-state index contributed by atoms with van der Waals surface area (Å²) in [6, 6.07) is 10.3.